The zero-order chi connectivity index (χ0) is 20.9. The second-order valence-corrected chi connectivity index (χ2v) is 9.09. The molecule has 0 aromatic heterocycles. The molecule has 1 aliphatic carbocycles. The Morgan fingerprint density at radius 3 is 2.38 bits per heavy atom. The van der Waals surface area contributed by atoms with E-state index in [2.05, 4.69) is 20.3 Å². The summed E-state index contributed by atoms with van der Waals surface area (Å²) in [7, 11) is -1.89. The molecule has 1 aliphatic rings. The van der Waals surface area contributed by atoms with Crippen molar-refractivity contribution in [2.45, 2.75) is 30.1 Å². The first-order chi connectivity index (χ1) is 13.9. The second kappa shape index (κ2) is 8.92. The monoisotopic (exact) mass is 418 g/mol. The molecule has 2 aromatic rings. The molecule has 3 N–H and O–H groups in total. The number of guanidine groups is 1. The van der Waals surface area contributed by atoms with Crippen molar-refractivity contribution in [2.24, 2.45) is 4.99 Å². The zero-order valence-corrected chi connectivity index (χ0v) is 17.5. The largest absolute Gasteiger partial charge is 0.356 e. The molecular weight excluding hydrogens is 391 g/mol. The molecule has 3 rings (SSSR count). The molecule has 0 saturated heterocycles. The highest BCUT2D eigenvalue weighted by atomic mass is 32.2. The van der Waals surface area contributed by atoms with Gasteiger partial charge in [0.15, 0.2) is 5.96 Å². The Hall–Kier alpha value is -2.45. The third-order valence-electron chi connectivity index (χ3n) is 5.16. The predicted octanol–water partition coefficient (Wildman–Crippen LogP) is 2.31. The van der Waals surface area contributed by atoms with E-state index in [0.717, 1.165) is 24.0 Å². The van der Waals surface area contributed by atoms with Gasteiger partial charge in [0, 0.05) is 32.1 Å². The fourth-order valence-electron chi connectivity index (χ4n) is 3.22. The molecule has 2 aromatic carbocycles. The normalized spacial score (nSPS) is 15.8. The average molecular weight is 419 g/mol. The average Bonchev–Trinajstić information content (AvgIpc) is 3.49. The van der Waals surface area contributed by atoms with Crippen LogP contribution in [-0.4, -0.2) is 41.1 Å². The number of aryl methyl sites for hydroxylation is 1. The SMILES string of the molecule is CN=C(NCCNS(=O)(=O)c1ccc(C)cc1)NCC1(c2ccccc2F)CC1. The van der Waals surface area contributed by atoms with E-state index in [-0.39, 0.29) is 22.7 Å². The van der Waals surface area contributed by atoms with Crippen molar-refractivity contribution < 1.29 is 12.8 Å². The molecule has 0 atom stereocenters. The van der Waals surface area contributed by atoms with Gasteiger partial charge >= 0.3 is 0 Å². The highest BCUT2D eigenvalue weighted by Gasteiger charge is 2.45. The minimum atomic E-state index is -3.54. The molecule has 0 spiro atoms. The maximum absolute atomic E-state index is 14.1. The van der Waals surface area contributed by atoms with E-state index in [4.69, 9.17) is 0 Å². The quantitative estimate of drug-likeness (QED) is 0.349. The van der Waals surface area contributed by atoms with E-state index < -0.39 is 10.0 Å². The first-order valence-corrected chi connectivity index (χ1v) is 11.1. The molecular formula is C21H27FN4O2S. The first-order valence-electron chi connectivity index (χ1n) is 9.62. The third kappa shape index (κ3) is 5.33. The Kier molecular flexibility index (Phi) is 6.54. The third-order valence-corrected chi connectivity index (χ3v) is 6.63. The van der Waals surface area contributed by atoms with Crippen molar-refractivity contribution >= 4 is 16.0 Å². The lowest BCUT2D eigenvalue weighted by molar-refractivity contribution is 0.559. The first kappa shape index (κ1) is 21.3. The van der Waals surface area contributed by atoms with Crippen LogP contribution in [0.2, 0.25) is 0 Å². The van der Waals surface area contributed by atoms with Gasteiger partial charge in [-0.25, -0.2) is 17.5 Å². The maximum Gasteiger partial charge on any atom is 0.240 e. The van der Waals surface area contributed by atoms with Crippen molar-refractivity contribution in [1.82, 2.24) is 15.4 Å². The van der Waals surface area contributed by atoms with Gasteiger partial charge in [0.2, 0.25) is 10.0 Å². The van der Waals surface area contributed by atoms with Crippen molar-refractivity contribution in [2.75, 3.05) is 26.7 Å². The summed E-state index contributed by atoms with van der Waals surface area (Å²) in [6.07, 6.45) is 1.85. The Labute approximate surface area is 171 Å². The maximum atomic E-state index is 14.1. The molecule has 29 heavy (non-hydrogen) atoms. The van der Waals surface area contributed by atoms with Gasteiger partial charge < -0.3 is 10.6 Å². The van der Waals surface area contributed by atoms with E-state index >= 15 is 0 Å². The van der Waals surface area contributed by atoms with Crippen LogP contribution in [0.15, 0.2) is 58.4 Å². The van der Waals surface area contributed by atoms with Gasteiger partial charge in [0.25, 0.3) is 0 Å². The summed E-state index contributed by atoms with van der Waals surface area (Å²) < 4.78 is 41.3. The summed E-state index contributed by atoms with van der Waals surface area (Å²) in [5.41, 5.74) is 1.54. The highest BCUT2D eigenvalue weighted by molar-refractivity contribution is 7.89. The fourth-order valence-corrected chi connectivity index (χ4v) is 4.26. The topological polar surface area (TPSA) is 82.6 Å². The number of sulfonamides is 1. The fraction of sp³-hybridized carbons (Fsp3) is 0.381. The molecule has 0 unspecified atom stereocenters. The van der Waals surface area contributed by atoms with Crippen LogP contribution < -0.4 is 15.4 Å². The van der Waals surface area contributed by atoms with Crippen molar-refractivity contribution in [1.29, 1.82) is 0 Å². The zero-order valence-electron chi connectivity index (χ0n) is 16.7. The van der Waals surface area contributed by atoms with E-state index in [1.165, 1.54) is 6.07 Å². The summed E-state index contributed by atoms with van der Waals surface area (Å²) in [6, 6.07) is 13.6. The lowest BCUT2D eigenvalue weighted by Crippen LogP contribution is -2.44. The van der Waals surface area contributed by atoms with Crippen LogP contribution in [0.1, 0.15) is 24.0 Å². The van der Waals surface area contributed by atoms with Gasteiger partial charge in [-0.05, 0) is 43.5 Å². The van der Waals surface area contributed by atoms with E-state index in [1.807, 2.05) is 19.1 Å². The minimum absolute atomic E-state index is 0.180. The van der Waals surface area contributed by atoms with Gasteiger partial charge in [-0.1, -0.05) is 35.9 Å². The molecule has 6 nitrogen and oxygen atoms in total. The molecule has 0 bridgehead atoms. The van der Waals surface area contributed by atoms with Crippen LogP contribution in [0.25, 0.3) is 0 Å². The predicted molar refractivity (Wildman–Crippen MR) is 113 cm³/mol. The molecule has 0 radical (unpaired) electrons. The van der Waals surface area contributed by atoms with Gasteiger partial charge in [-0.3, -0.25) is 4.99 Å². The van der Waals surface area contributed by atoms with Crippen LogP contribution >= 0.6 is 0 Å². The minimum Gasteiger partial charge on any atom is -0.356 e. The summed E-state index contributed by atoms with van der Waals surface area (Å²) in [5.74, 6) is 0.377. The molecule has 8 heteroatoms. The van der Waals surface area contributed by atoms with Crippen LogP contribution in [-0.2, 0) is 15.4 Å². The molecule has 0 amide bonds. The number of hydrogen-bond acceptors (Lipinski definition) is 3. The summed E-state index contributed by atoms with van der Waals surface area (Å²) in [6.45, 7) is 3.07. The number of aliphatic imine (C=N–C) groups is 1. The second-order valence-electron chi connectivity index (χ2n) is 7.32. The number of halogens is 1. The van der Waals surface area contributed by atoms with Gasteiger partial charge in [0.1, 0.15) is 5.82 Å². The summed E-state index contributed by atoms with van der Waals surface area (Å²) >= 11 is 0. The molecule has 1 fully saturated rings. The molecule has 0 aliphatic heterocycles. The smallest absolute Gasteiger partial charge is 0.240 e. The van der Waals surface area contributed by atoms with E-state index in [0.29, 0.717) is 19.0 Å². The standard InChI is InChI=1S/C21H27FN4O2S/c1-16-7-9-17(10-8-16)29(27,28)26-14-13-24-20(23-2)25-15-21(11-12-21)18-5-3-4-6-19(18)22/h3-10,26H,11-15H2,1-2H3,(H2,23,24,25). The summed E-state index contributed by atoms with van der Waals surface area (Å²) in [4.78, 5) is 4.40. The van der Waals surface area contributed by atoms with Gasteiger partial charge in [-0.15, -0.1) is 0 Å². The van der Waals surface area contributed by atoms with E-state index in [1.54, 1.807) is 37.4 Å². The van der Waals surface area contributed by atoms with E-state index in [9.17, 15) is 12.8 Å². The number of nitrogens with zero attached hydrogens (tertiary/aromatic N) is 1. The molecule has 1 saturated carbocycles. The van der Waals surface area contributed by atoms with Gasteiger partial charge in [0.05, 0.1) is 4.90 Å². The molecule has 156 valence electrons. The van der Waals surface area contributed by atoms with Gasteiger partial charge in [-0.2, -0.15) is 0 Å². The van der Waals surface area contributed by atoms with Crippen LogP contribution in [0.3, 0.4) is 0 Å². The van der Waals surface area contributed by atoms with Crippen molar-refractivity contribution in [3.05, 3.63) is 65.5 Å². The van der Waals surface area contributed by atoms with Crippen molar-refractivity contribution in [3.63, 3.8) is 0 Å². The number of benzene rings is 2. The van der Waals surface area contributed by atoms with Crippen LogP contribution in [0, 0.1) is 12.7 Å². The number of nitrogens with one attached hydrogen (secondary N) is 3. The Balaban J connectivity index is 1.47. The molecule has 0 heterocycles. The Morgan fingerprint density at radius 1 is 1.07 bits per heavy atom. The van der Waals surface area contributed by atoms with Crippen LogP contribution in [0.5, 0.6) is 0 Å². The summed E-state index contributed by atoms with van der Waals surface area (Å²) in [5, 5.41) is 6.32. The Bertz CT molecular complexity index is 970. The van der Waals surface area contributed by atoms with Crippen LogP contribution in [0.4, 0.5) is 4.39 Å². The highest BCUT2D eigenvalue weighted by Crippen LogP contribution is 2.48. The lowest BCUT2D eigenvalue weighted by Gasteiger charge is -2.19. The van der Waals surface area contributed by atoms with Crippen molar-refractivity contribution in [3.8, 4) is 0 Å². The number of rotatable bonds is 8. The Morgan fingerprint density at radius 2 is 1.76 bits per heavy atom. The lowest BCUT2D eigenvalue weighted by atomic mass is 9.95. The number of hydrogen-bond donors (Lipinski definition) is 3.